The molecule has 0 aliphatic heterocycles. The molecule has 1 aromatic carbocycles. The maximum atomic E-state index is 4.51. The van der Waals surface area contributed by atoms with E-state index in [-0.39, 0.29) is 0 Å². The van der Waals surface area contributed by atoms with Gasteiger partial charge in [0, 0.05) is 36.6 Å². The highest BCUT2D eigenvalue weighted by Crippen LogP contribution is 2.18. The number of para-hydroxylation sites is 1. The molecule has 20 heavy (non-hydrogen) atoms. The normalized spacial score (nSPS) is 12.7. The molecule has 3 aromatic rings. The van der Waals surface area contributed by atoms with Crippen LogP contribution in [0.15, 0.2) is 55.0 Å². The van der Waals surface area contributed by atoms with Gasteiger partial charge in [0.2, 0.25) is 0 Å². The standard InChI is InChI=1S/C17H19N3/c1-13(18-2)15-8-10-20(11-15)12-16-6-3-5-14-7-4-9-19-17(14)16/h3-11,13,18H,12H2,1-2H3. The molecule has 0 fully saturated rings. The fraction of sp³-hybridized carbons (Fsp3) is 0.235. The van der Waals surface area contributed by atoms with Crippen molar-refractivity contribution in [2.24, 2.45) is 0 Å². The molecule has 1 unspecified atom stereocenters. The fourth-order valence-corrected chi connectivity index (χ4v) is 2.47. The zero-order valence-electron chi connectivity index (χ0n) is 11.9. The van der Waals surface area contributed by atoms with Gasteiger partial charge in [-0.25, -0.2) is 0 Å². The summed E-state index contributed by atoms with van der Waals surface area (Å²) in [5, 5.41) is 4.46. The summed E-state index contributed by atoms with van der Waals surface area (Å²) in [5.41, 5.74) is 3.65. The van der Waals surface area contributed by atoms with Crippen LogP contribution in [0.3, 0.4) is 0 Å². The van der Waals surface area contributed by atoms with E-state index in [2.05, 4.69) is 64.5 Å². The molecule has 3 heteroatoms. The predicted octanol–water partition coefficient (Wildman–Crippen LogP) is 3.37. The Bertz CT molecular complexity index is 710. The lowest BCUT2D eigenvalue weighted by Crippen LogP contribution is -2.11. The summed E-state index contributed by atoms with van der Waals surface area (Å²) in [4.78, 5) is 4.51. The van der Waals surface area contributed by atoms with Crippen molar-refractivity contribution in [3.63, 3.8) is 0 Å². The Balaban J connectivity index is 1.91. The molecule has 0 bridgehead atoms. The zero-order valence-corrected chi connectivity index (χ0v) is 11.9. The minimum Gasteiger partial charge on any atom is -0.349 e. The molecule has 0 aliphatic carbocycles. The Labute approximate surface area is 119 Å². The van der Waals surface area contributed by atoms with Crippen LogP contribution in [-0.2, 0) is 6.54 Å². The van der Waals surface area contributed by atoms with Gasteiger partial charge in [0.1, 0.15) is 0 Å². The molecule has 0 saturated carbocycles. The van der Waals surface area contributed by atoms with Crippen LogP contribution < -0.4 is 5.32 Å². The van der Waals surface area contributed by atoms with Gasteiger partial charge in [0.15, 0.2) is 0 Å². The molecular weight excluding hydrogens is 246 g/mol. The Kier molecular flexibility index (Phi) is 3.52. The summed E-state index contributed by atoms with van der Waals surface area (Å²) in [6, 6.07) is 13.0. The molecule has 0 saturated heterocycles. The quantitative estimate of drug-likeness (QED) is 0.784. The highest BCUT2D eigenvalue weighted by molar-refractivity contribution is 5.81. The van der Waals surface area contributed by atoms with Crippen LogP contribution in [0.1, 0.15) is 24.1 Å². The summed E-state index contributed by atoms with van der Waals surface area (Å²) in [5.74, 6) is 0. The first-order valence-corrected chi connectivity index (χ1v) is 6.93. The van der Waals surface area contributed by atoms with E-state index in [0.29, 0.717) is 6.04 Å². The Morgan fingerprint density at radius 1 is 1.20 bits per heavy atom. The van der Waals surface area contributed by atoms with E-state index in [0.717, 1.165) is 12.1 Å². The topological polar surface area (TPSA) is 29.9 Å². The lowest BCUT2D eigenvalue weighted by Gasteiger charge is -2.08. The minimum atomic E-state index is 0.377. The van der Waals surface area contributed by atoms with Crippen LogP contribution in [0.5, 0.6) is 0 Å². The predicted molar refractivity (Wildman–Crippen MR) is 82.8 cm³/mol. The van der Waals surface area contributed by atoms with Crippen molar-refractivity contribution in [2.75, 3.05) is 7.05 Å². The molecule has 0 aliphatic rings. The smallest absolute Gasteiger partial charge is 0.0751 e. The van der Waals surface area contributed by atoms with E-state index >= 15 is 0 Å². The second kappa shape index (κ2) is 5.47. The highest BCUT2D eigenvalue weighted by Gasteiger charge is 2.06. The Morgan fingerprint density at radius 2 is 2.05 bits per heavy atom. The van der Waals surface area contributed by atoms with Crippen molar-refractivity contribution in [1.82, 2.24) is 14.9 Å². The van der Waals surface area contributed by atoms with Crippen LogP contribution in [0.4, 0.5) is 0 Å². The molecule has 1 atom stereocenters. The lowest BCUT2D eigenvalue weighted by atomic mass is 10.1. The summed E-state index contributed by atoms with van der Waals surface area (Å²) in [6.45, 7) is 3.02. The van der Waals surface area contributed by atoms with Crippen molar-refractivity contribution >= 4 is 10.9 Å². The maximum absolute atomic E-state index is 4.51. The highest BCUT2D eigenvalue weighted by atomic mass is 15.0. The Morgan fingerprint density at radius 3 is 2.90 bits per heavy atom. The summed E-state index contributed by atoms with van der Waals surface area (Å²) < 4.78 is 2.21. The third-order valence-corrected chi connectivity index (χ3v) is 3.78. The SMILES string of the molecule is CNC(C)c1ccn(Cc2cccc3cccnc23)c1. The van der Waals surface area contributed by atoms with Gasteiger partial charge in [-0.2, -0.15) is 0 Å². The average Bonchev–Trinajstić information content (AvgIpc) is 2.95. The van der Waals surface area contributed by atoms with Crippen LogP contribution in [0.25, 0.3) is 10.9 Å². The van der Waals surface area contributed by atoms with Crippen molar-refractivity contribution in [3.05, 3.63) is 66.1 Å². The first kappa shape index (κ1) is 12.9. The third-order valence-electron chi connectivity index (χ3n) is 3.78. The van der Waals surface area contributed by atoms with E-state index in [1.165, 1.54) is 16.5 Å². The summed E-state index contributed by atoms with van der Waals surface area (Å²) >= 11 is 0. The van der Waals surface area contributed by atoms with Gasteiger partial charge in [-0.3, -0.25) is 4.98 Å². The molecule has 0 radical (unpaired) electrons. The number of benzene rings is 1. The van der Waals surface area contributed by atoms with Gasteiger partial charge < -0.3 is 9.88 Å². The van der Waals surface area contributed by atoms with Crippen molar-refractivity contribution in [3.8, 4) is 0 Å². The molecule has 1 N–H and O–H groups in total. The number of hydrogen-bond donors (Lipinski definition) is 1. The number of aromatic nitrogens is 2. The number of nitrogens with zero attached hydrogens (tertiary/aromatic N) is 2. The van der Waals surface area contributed by atoms with Gasteiger partial charge in [-0.15, -0.1) is 0 Å². The van der Waals surface area contributed by atoms with Crippen LogP contribution in [0, 0.1) is 0 Å². The molecule has 3 rings (SSSR count). The van der Waals surface area contributed by atoms with Crippen LogP contribution >= 0.6 is 0 Å². The van der Waals surface area contributed by atoms with E-state index in [4.69, 9.17) is 0 Å². The molecule has 2 aromatic heterocycles. The fourth-order valence-electron chi connectivity index (χ4n) is 2.47. The van der Waals surface area contributed by atoms with E-state index in [1.54, 1.807) is 0 Å². The van der Waals surface area contributed by atoms with Crippen molar-refractivity contribution in [2.45, 2.75) is 19.5 Å². The van der Waals surface area contributed by atoms with Gasteiger partial charge >= 0.3 is 0 Å². The zero-order chi connectivity index (χ0) is 13.9. The number of nitrogens with one attached hydrogen (secondary N) is 1. The van der Waals surface area contributed by atoms with Crippen LogP contribution in [0.2, 0.25) is 0 Å². The van der Waals surface area contributed by atoms with E-state index < -0.39 is 0 Å². The minimum absolute atomic E-state index is 0.377. The largest absolute Gasteiger partial charge is 0.349 e. The molecular formula is C17H19N3. The van der Waals surface area contributed by atoms with E-state index in [9.17, 15) is 0 Å². The van der Waals surface area contributed by atoms with E-state index in [1.807, 2.05) is 19.3 Å². The molecule has 0 amide bonds. The van der Waals surface area contributed by atoms with Crippen LogP contribution in [-0.4, -0.2) is 16.6 Å². The summed E-state index contributed by atoms with van der Waals surface area (Å²) in [6.07, 6.45) is 6.18. The summed E-state index contributed by atoms with van der Waals surface area (Å²) in [7, 11) is 1.98. The maximum Gasteiger partial charge on any atom is 0.0751 e. The molecule has 0 spiro atoms. The van der Waals surface area contributed by atoms with Gasteiger partial charge in [-0.05, 0) is 37.2 Å². The lowest BCUT2D eigenvalue weighted by molar-refractivity contribution is 0.649. The first-order chi connectivity index (χ1) is 9.78. The molecule has 2 heterocycles. The molecule has 3 nitrogen and oxygen atoms in total. The number of pyridine rings is 1. The first-order valence-electron chi connectivity index (χ1n) is 6.93. The molecule has 102 valence electrons. The van der Waals surface area contributed by atoms with Gasteiger partial charge in [0.25, 0.3) is 0 Å². The second-order valence-electron chi connectivity index (χ2n) is 5.12. The Hall–Kier alpha value is -2.13. The number of fused-ring (bicyclic) bond motifs is 1. The average molecular weight is 265 g/mol. The second-order valence-corrected chi connectivity index (χ2v) is 5.12. The number of hydrogen-bond acceptors (Lipinski definition) is 2. The van der Waals surface area contributed by atoms with Gasteiger partial charge in [0.05, 0.1) is 5.52 Å². The van der Waals surface area contributed by atoms with Crippen molar-refractivity contribution in [1.29, 1.82) is 0 Å². The number of rotatable bonds is 4. The van der Waals surface area contributed by atoms with Gasteiger partial charge in [-0.1, -0.05) is 24.3 Å². The third kappa shape index (κ3) is 2.45. The monoisotopic (exact) mass is 265 g/mol. The van der Waals surface area contributed by atoms with Crippen molar-refractivity contribution < 1.29 is 0 Å².